The lowest BCUT2D eigenvalue weighted by Gasteiger charge is -2.30. The second kappa shape index (κ2) is 7.68. The van der Waals surface area contributed by atoms with Crippen LogP contribution >= 0.6 is 39.0 Å². The van der Waals surface area contributed by atoms with Gasteiger partial charge in [0.05, 0.1) is 3.79 Å². The smallest absolute Gasteiger partial charge is 0.404 e. The Morgan fingerprint density at radius 2 is 2.26 bits per heavy atom. The predicted molar refractivity (Wildman–Crippen MR) is 98.5 cm³/mol. The molecule has 2 N–H and O–H groups in total. The van der Waals surface area contributed by atoms with Crippen molar-refractivity contribution in [2.75, 3.05) is 0 Å². The highest BCUT2D eigenvalue weighted by atomic mass is 79.9. The van der Waals surface area contributed by atoms with Gasteiger partial charge in [-0.25, -0.2) is 4.79 Å². The minimum Gasteiger partial charge on any atom is -0.465 e. The van der Waals surface area contributed by atoms with Crippen molar-refractivity contribution in [1.82, 2.24) is 10.3 Å². The Morgan fingerprint density at radius 1 is 1.52 bits per heavy atom. The first-order chi connectivity index (χ1) is 10.8. The van der Waals surface area contributed by atoms with E-state index in [9.17, 15) is 4.79 Å². The minimum absolute atomic E-state index is 0.137. The summed E-state index contributed by atoms with van der Waals surface area (Å²) in [5.74, 6) is 0. The molecule has 2 rings (SSSR count). The number of nitrogens with zero attached hydrogens (tertiary/aromatic N) is 1. The average Bonchev–Trinajstić information content (AvgIpc) is 2.78. The Balaban J connectivity index is 2.14. The molecule has 124 valence electrons. The van der Waals surface area contributed by atoms with Crippen molar-refractivity contribution in [3.63, 3.8) is 0 Å². The molecule has 0 saturated carbocycles. The normalized spacial score (nSPS) is 12.9. The number of aromatic nitrogens is 1. The van der Waals surface area contributed by atoms with Crippen molar-refractivity contribution >= 4 is 45.1 Å². The third-order valence-electron chi connectivity index (χ3n) is 3.32. The highest BCUT2D eigenvalue weighted by Gasteiger charge is 2.27. The molecule has 0 spiro atoms. The van der Waals surface area contributed by atoms with Crippen molar-refractivity contribution in [3.05, 3.63) is 39.3 Å². The molecule has 0 bridgehead atoms. The monoisotopic (exact) mass is 414 g/mol. The van der Waals surface area contributed by atoms with Crippen molar-refractivity contribution in [3.8, 4) is 0 Å². The lowest BCUT2D eigenvalue weighted by Crippen LogP contribution is -2.44. The third kappa shape index (κ3) is 5.51. The molecule has 0 aromatic carbocycles. The third-order valence-corrected chi connectivity index (χ3v) is 6.59. The van der Waals surface area contributed by atoms with Gasteiger partial charge in [-0.15, -0.1) is 11.3 Å². The summed E-state index contributed by atoms with van der Waals surface area (Å²) >= 11 is 6.90. The van der Waals surface area contributed by atoms with E-state index in [-0.39, 0.29) is 11.5 Å². The van der Waals surface area contributed by atoms with E-state index in [1.54, 1.807) is 29.3 Å². The van der Waals surface area contributed by atoms with E-state index in [4.69, 9.17) is 5.11 Å². The van der Waals surface area contributed by atoms with Crippen LogP contribution in [0.3, 0.4) is 0 Å². The van der Waals surface area contributed by atoms with Crippen molar-refractivity contribution in [1.29, 1.82) is 0 Å². The van der Waals surface area contributed by atoms with Crippen LogP contribution in [0, 0.1) is 5.41 Å². The summed E-state index contributed by atoms with van der Waals surface area (Å²) in [5.41, 5.74) is -0.147. The maximum atomic E-state index is 11.0. The van der Waals surface area contributed by atoms with Gasteiger partial charge in [0.1, 0.15) is 0 Å². The highest BCUT2D eigenvalue weighted by Crippen LogP contribution is 2.40. The van der Waals surface area contributed by atoms with Crippen molar-refractivity contribution < 1.29 is 9.90 Å². The number of amides is 1. The average molecular weight is 415 g/mol. The van der Waals surface area contributed by atoms with E-state index in [0.717, 1.165) is 18.5 Å². The number of carboxylic acid groups (broad SMARTS) is 1. The topological polar surface area (TPSA) is 62.2 Å². The molecule has 7 heteroatoms. The summed E-state index contributed by atoms with van der Waals surface area (Å²) in [7, 11) is 0. The summed E-state index contributed by atoms with van der Waals surface area (Å²) in [6, 6.07) is 5.91. The van der Waals surface area contributed by atoms with Gasteiger partial charge in [0.2, 0.25) is 0 Å². The number of pyridine rings is 1. The zero-order valence-electron chi connectivity index (χ0n) is 13.2. The van der Waals surface area contributed by atoms with Crippen LogP contribution in [-0.4, -0.2) is 22.2 Å². The number of hydrogen-bond acceptors (Lipinski definition) is 4. The van der Waals surface area contributed by atoms with Crippen LogP contribution in [-0.2, 0) is 6.42 Å². The van der Waals surface area contributed by atoms with Gasteiger partial charge in [-0.2, -0.15) is 0 Å². The molecule has 0 aliphatic heterocycles. The molecule has 0 fully saturated rings. The van der Waals surface area contributed by atoms with Gasteiger partial charge in [0.25, 0.3) is 0 Å². The number of halogens is 1. The van der Waals surface area contributed by atoms with E-state index in [1.807, 2.05) is 39.1 Å². The molecule has 0 aliphatic rings. The fourth-order valence-electron chi connectivity index (χ4n) is 2.03. The first-order valence-corrected chi connectivity index (χ1v) is 9.54. The summed E-state index contributed by atoms with van der Waals surface area (Å²) in [6.45, 7) is 6.13. The Morgan fingerprint density at radius 3 is 2.83 bits per heavy atom. The summed E-state index contributed by atoms with van der Waals surface area (Å²) in [5, 5.41) is 11.7. The van der Waals surface area contributed by atoms with Crippen LogP contribution in [0.1, 0.15) is 25.6 Å². The number of hydrogen-bond donors (Lipinski definition) is 2. The Kier molecular flexibility index (Phi) is 6.11. The molecule has 2 heterocycles. The zero-order valence-corrected chi connectivity index (χ0v) is 16.4. The first kappa shape index (κ1) is 18.3. The standard InChI is InChI=1S/C16H19BrN2O2S2/c1-16(2,3)13(19-15(20)21)8-11-7-12(14(17)23-11)22-10-5-4-6-18-9-10/h4-7,9,13,19H,8H2,1-3H3,(H,20,21). The number of carbonyl (C=O) groups is 1. The molecule has 0 aliphatic carbocycles. The second-order valence-electron chi connectivity index (χ2n) is 6.21. The van der Waals surface area contributed by atoms with Crippen LogP contribution < -0.4 is 5.32 Å². The lowest BCUT2D eigenvalue weighted by molar-refractivity contribution is 0.174. The highest BCUT2D eigenvalue weighted by molar-refractivity contribution is 9.11. The van der Waals surface area contributed by atoms with E-state index in [1.165, 1.54) is 0 Å². The fourth-order valence-corrected chi connectivity index (χ4v) is 4.94. The molecular formula is C16H19BrN2O2S2. The number of rotatable bonds is 5. The maximum absolute atomic E-state index is 11.0. The van der Waals surface area contributed by atoms with E-state index in [0.29, 0.717) is 6.42 Å². The van der Waals surface area contributed by atoms with E-state index in [2.05, 4.69) is 32.3 Å². The molecular weight excluding hydrogens is 396 g/mol. The quantitative estimate of drug-likeness (QED) is 0.697. The van der Waals surface area contributed by atoms with Crippen LogP contribution in [0.5, 0.6) is 0 Å². The molecule has 1 unspecified atom stereocenters. The van der Waals surface area contributed by atoms with Gasteiger partial charge >= 0.3 is 6.09 Å². The molecule has 1 atom stereocenters. The minimum atomic E-state index is -0.981. The molecule has 2 aromatic rings. The molecule has 0 radical (unpaired) electrons. The molecule has 23 heavy (non-hydrogen) atoms. The molecule has 0 saturated heterocycles. The summed E-state index contributed by atoms with van der Waals surface area (Å²) < 4.78 is 1.06. The van der Waals surface area contributed by atoms with Crippen LogP contribution in [0.15, 0.2) is 44.2 Å². The molecule has 1 amide bonds. The zero-order chi connectivity index (χ0) is 17.0. The Labute approximate surface area is 152 Å². The number of thiophene rings is 1. The Bertz CT molecular complexity index is 668. The van der Waals surface area contributed by atoms with Gasteiger partial charge in [0, 0.05) is 39.5 Å². The fraction of sp³-hybridized carbons (Fsp3) is 0.375. The summed E-state index contributed by atoms with van der Waals surface area (Å²) in [4.78, 5) is 18.5. The van der Waals surface area contributed by atoms with Crippen LogP contribution in [0.25, 0.3) is 0 Å². The number of nitrogens with one attached hydrogen (secondary N) is 1. The second-order valence-corrected chi connectivity index (χ2v) is 9.78. The van der Waals surface area contributed by atoms with E-state index < -0.39 is 6.09 Å². The molecule has 2 aromatic heterocycles. The van der Waals surface area contributed by atoms with Crippen molar-refractivity contribution in [2.45, 2.75) is 43.0 Å². The SMILES string of the molecule is CC(C)(C)C(Cc1cc(Sc2cccnc2)c(Br)s1)NC(=O)O. The largest absolute Gasteiger partial charge is 0.465 e. The summed E-state index contributed by atoms with van der Waals surface area (Å²) in [6.07, 6.45) is 3.28. The Hall–Kier alpha value is -1.05. The first-order valence-electron chi connectivity index (χ1n) is 7.11. The van der Waals surface area contributed by atoms with Gasteiger partial charge < -0.3 is 10.4 Å². The van der Waals surface area contributed by atoms with Gasteiger partial charge in [-0.05, 0) is 39.5 Å². The van der Waals surface area contributed by atoms with Crippen LogP contribution in [0.4, 0.5) is 4.79 Å². The van der Waals surface area contributed by atoms with E-state index >= 15 is 0 Å². The van der Waals surface area contributed by atoms with Gasteiger partial charge in [-0.3, -0.25) is 4.98 Å². The molecule has 4 nitrogen and oxygen atoms in total. The van der Waals surface area contributed by atoms with Crippen molar-refractivity contribution in [2.24, 2.45) is 5.41 Å². The maximum Gasteiger partial charge on any atom is 0.404 e. The van der Waals surface area contributed by atoms with Gasteiger partial charge in [0.15, 0.2) is 0 Å². The van der Waals surface area contributed by atoms with Crippen LogP contribution in [0.2, 0.25) is 0 Å². The lowest BCUT2D eigenvalue weighted by atomic mass is 9.84. The van der Waals surface area contributed by atoms with Gasteiger partial charge in [-0.1, -0.05) is 32.5 Å². The predicted octanol–water partition coefficient (Wildman–Crippen LogP) is 5.28.